The van der Waals surface area contributed by atoms with Gasteiger partial charge in [-0.25, -0.2) is 14.3 Å². The van der Waals surface area contributed by atoms with Crippen molar-refractivity contribution in [2.75, 3.05) is 37.6 Å². The van der Waals surface area contributed by atoms with Crippen LogP contribution in [0.1, 0.15) is 17.1 Å². The van der Waals surface area contributed by atoms with E-state index in [4.69, 9.17) is 0 Å². The molecule has 0 unspecified atom stereocenters. The average molecular weight is 394 g/mol. The van der Waals surface area contributed by atoms with E-state index in [2.05, 4.69) is 30.0 Å². The van der Waals surface area contributed by atoms with Gasteiger partial charge in [-0.1, -0.05) is 0 Å². The number of anilines is 1. The minimum Gasteiger partial charge on any atom is -0.353 e. The molecular weight excluding hydrogens is 368 g/mol. The van der Waals surface area contributed by atoms with Crippen molar-refractivity contribution < 1.29 is 0 Å². The SMILES string of the molecule is Cc1cc(C)n(-c2ccc(=O)n(CCN3CCN(c4nccnc4C)CC3)n2)n1. The van der Waals surface area contributed by atoms with Gasteiger partial charge in [0.25, 0.3) is 5.56 Å². The van der Waals surface area contributed by atoms with Gasteiger partial charge in [0.1, 0.15) is 5.82 Å². The number of hydrogen-bond donors (Lipinski definition) is 0. The van der Waals surface area contributed by atoms with Gasteiger partial charge in [-0.3, -0.25) is 14.7 Å². The van der Waals surface area contributed by atoms with E-state index in [0.29, 0.717) is 12.4 Å². The lowest BCUT2D eigenvalue weighted by Gasteiger charge is -2.35. The van der Waals surface area contributed by atoms with Gasteiger partial charge in [-0.15, -0.1) is 5.10 Å². The Morgan fingerprint density at radius 2 is 1.69 bits per heavy atom. The summed E-state index contributed by atoms with van der Waals surface area (Å²) in [6.07, 6.45) is 3.46. The Morgan fingerprint density at radius 3 is 2.38 bits per heavy atom. The Kier molecular flexibility index (Phi) is 5.39. The van der Waals surface area contributed by atoms with Gasteiger partial charge in [0.15, 0.2) is 5.82 Å². The van der Waals surface area contributed by atoms with E-state index in [1.54, 1.807) is 29.2 Å². The highest BCUT2D eigenvalue weighted by Crippen LogP contribution is 2.16. The van der Waals surface area contributed by atoms with E-state index in [9.17, 15) is 4.79 Å². The summed E-state index contributed by atoms with van der Waals surface area (Å²) >= 11 is 0. The normalized spacial score (nSPS) is 15.1. The third kappa shape index (κ3) is 4.19. The Balaban J connectivity index is 1.39. The van der Waals surface area contributed by atoms with Crippen LogP contribution in [0.3, 0.4) is 0 Å². The highest BCUT2D eigenvalue weighted by Gasteiger charge is 2.19. The molecule has 9 nitrogen and oxygen atoms in total. The first-order chi connectivity index (χ1) is 14.0. The van der Waals surface area contributed by atoms with E-state index in [1.807, 2.05) is 26.8 Å². The van der Waals surface area contributed by atoms with Crippen LogP contribution >= 0.6 is 0 Å². The zero-order valence-corrected chi connectivity index (χ0v) is 17.1. The Hall–Kier alpha value is -3.07. The van der Waals surface area contributed by atoms with Gasteiger partial charge in [-0.05, 0) is 32.9 Å². The third-order valence-corrected chi connectivity index (χ3v) is 5.23. The van der Waals surface area contributed by atoms with Crippen molar-refractivity contribution in [1.29, 1.82) is 0 Å². The average Bonchev–Trinajstić information content (AvgIpc) is 3.06. The third-order valence-electron chi connectivity index (χ3n) is 5.23. The van der Waals surface area contributed by atoms with Crippen molar-refractivity contribution in [3.05, 3.63) is 58.0 Å². The quantitative estimate of drug-likeness (QED) is 0.637. The predicted molar refractivity (Wildman–Crippen MR) is 111 cm³/mol. The monoisotopic (exact) mass is 394 g/mol. The first-order valence-corrected chi connectivity index (χ1v) is 9.88. The number of nitrogens with zero attached hydrogens (tertiary/aromatic N) is 8. The summed E-state index contributed by atoms with van der Waals surface area (Å²) in [5.41, 5.74) is 2.79. The van der Waals surface area contributed by atoms with Crippen LogP contribution < -0.4 is 10.5 Å². The first kappa shape index (κ1) is 19.3. The minimum atomic E-state index is -0.0934. The van der Waals surface area contributed by atoms with Crippen molar-refractivity contribution in [3.8, 4) is 5.82 Å². The smallest absolute Gasteiger partial charge is 0.266 e. The molecule has 152 valence electrons. The molecule has 0 saturated carbocycles. The molecule has 0 N–H and O–H groups in total. The molecule has 29 heavy (non-hydrogen) atoms. The topological polar surface area (TPSA) is 85.0 Å². The highest BCUT2D eigenvalue weighted by atomic mass is 16.1. The van der Waals surface area contributed by atoms with E-state index >= 15 is 0 Å². The molecule has 1 aliphatic heterocycles. The fourth-order valence-electron chi connectivity index (χ4n) is 3.70. The standard InChI is InChI=1S/C20H26N8O/c1-15-14-16(2)28(23-15)18-4-5-19(29)27(24-18)13-10-25-8-11-26(12-9-25)20-17(3)21-6-7-22-20/h4-7,14H,8-13H2,1-3H3. The van der Waals surface area contributed by atoms with Crippen LogP contribution in [0.5, 0.6) is 0 Å². The van der Waals surface area contributed by atoms with Gasteiger partial charge in [0.2, 0.25) is 0 Å². The second-order valence-electron chi connectivity index (χ2n) is 7.39. The highest BCUT2D eigenvalue weighted by molar-refractivity contribution is 5.42. The summed E-state index contributed by atoms with van der Waals surface area (Å²) in [6.45, 7) is 10.9. The van der Waals surface area contributed by atoms with Gasteiger partial charge < -0.3 is 4.90 Å². The summed E-state index contributed by atoms with van der Waals surface area (Å²) in [4.78, 5) is 25.7. The summed E-state index contributed by atoms with van der Waals surface area (Å²) in [7, 11) is 0. The molecule has 3 aromatic rings. The Morgan fingerprint density at radius 1 is 0.931 bits per heavy atom. The summed E-state index contributed by atoms with van der Waals surface area (Å²) in [6, 6.07) is 5.28. The molecule has 0 spiro atoms. The molecule has 4 heterocycles. The Labute approximate surface area is 169 Å². The van der Waals surface area contributed by atoms with Crippen LogP contribution in [0.2, 0.25) is 0 Å². The van der Waals surface area contributed by atoms with Gasteiger partial charge in [0, 0.05) is 56.9 Å². The zero-order valence-electron chi connectivity index (χ0n) is 17.1. The molecule has 0 atom stereocenters. The fraction of sp³-hybridized carbons (Fsp3) is 0.450. The van der Waals surface area contributed by atoms with Gasteiger partial charge in [0.05, 0.1) is 17.9 Å². The zero-order chi connectivity index (χ0) is 20.4. The lowest BCUT2D eigenvalue weighted by Crippen LogP contribution is -2.48. The summed E-state index contributed by atoms with van der Waals surface area (Å²) in [5, 5.41) is 8.98. The van der Waals surface area contributed by atoms with E-state index in [1.165, 1.54) is 4.68 Å². The second kappa shape index (κ2) is 8.12. The lowest BCUT2D eigenvalue weighted by atomic mass is 10.3. The Bertz CT molecular complexity index is 1050. The van der Waals surface area contributed by atoms with Crippen LogP contribution in [0.25, 0.3) is 5.82 Å². The van der Waals surface area contributed by atoms with Crippen molar-refractivity contribution in [2.24, 2.45) is 0 Å². The number of rotatable bonds is 5. The minimum absolute atomic E-state index is 0.0934. The van der Waals surface area contributed by atoms with E-state index < -0.39 is 0 Å². The molecule has 0 radical (unpaired) electrons. The van der Waals surface area contributed by atoms with E-state index in [0.717, 1.165) is 55.6 Å². The van der Waals surface area contributed by atoms with Crippen LogP contribution in [0.4, 0.5) is 5.82 Å². The number of aromatic nitrogens is 6. The molecule has 1 aliphatic rings. The van der Waals surface area contributed by atoms with Crippen molar-refractivity contribution in [3.63, 3.8) is 0 Å². The van der Waals surface area contributed by atoms with Crippen LogP contribution in [0, 0.1) is 20.8 Å². The van der Waals surface area contributed by atoms with Crippen molar-refractivity contribution in [1.82, 2.24) is 34.4 Å². The molecular formula is C20H26N8O. The first-order valence-electron chi connectivity index (χ1n) is 9.88. The fourth-order valence-corrected chi connectivity index (χ4v) is 3.70. The maximum absolute atomic E-state index is 12.3. The molecule has 9 heteroatoms. The van der Waals surface area contributed by atoms with Crippen LogP contribution in [-0.2, 0) is 6.54 Å². The van der Waals surface area contributed by atoms with E-state index in [-0.39, 0.29) is 5.56 Å². The molecule has 1 saturated heterocycles. The molecule has 0 amide bonds. The second-order valence-corrected chi connectivity index (χ2v) is 7.39. The summed E-state index contributed by atoms with van der Waals surface area (Å²) < 4.78 is 3.30. The number of hydrogen-bond acceptors (Lipinski definition) is 7. The molecule has 4 rings (SSSR count). The maximum Gasteiger partial charge on any atom is 0.266 e. The predicted octanol–water partition coefficient (Wildman–Crippen LogP) is 0.966. The molecule has 0 aliphatic carbocycles. The van der Waals surface area contributed by atoms with Crippen molar-refractivity contribution >= 4 is 5.82 Å². The summed E-state index contributed by atoms with van der Waals surface area (Å²) in [5.74, 6) is 1.63. The molecule has 0 aromatic carbocycles. The van der Waals surface area contributed by atoms with Crippen LogP contribution in [0.15, 0.2) is 35.4 Å². The van der Waals surface area contributed by atoms with Crippen molar-refractivity contribution in [2.45, 2.75) is 27.3 Å². The molecule has 1 fully saturated rings. The largest absolute Gasteiger partial charge is 0.353 e. The van der Waals surface area contributed by atoms with Gasteiger partial charge >= 0.3 is 0 Å². The lowest BCUT2D eigenvalue weighted by molar-refractivity contribution is 0.242. The van der Waals surface area contributed by atoms with Gasteiger partial charge in [-0.2, -0.15) is 5.10 Å². The maximum atomic E-state index is 12.3. The number of piperazine rings is 1. The van der Waals surface area contributed by atoms with Crippen LogP contribution in [-0.4, -0.2) is 67.2 Å². The molecule has 3 aromatic heterocycles. The number of aryl methyl sites for hydroxylation is 3. The molecule has 0 bridgehead atoms.